The van der Waals surface area contributed by atoms with Gasteiger partial charge in [0, 0.05) is 30.9 Å². The number of nitrogens with one attached hydrogen (secondary N) is 1. The van der Waals surface area contributed by atoms with Crippen LogP contribution in [0.1, 0.15) is 46.5 Å². The number of aryl methyl sites for hydroxylation is 3. The van der Waals surface area contributed by atoms with E-state index in [1.54, 1.807) is 0 Å². The summed E-state index contributed by atoms with van der Waals surface area (Å²) in [5.74, 6) is -0.0157. The Morgan fingerprint density at radius 2 is 2.07 bits per heavy atom. The highest BCUT2D eigenvalue weighted by atomic mass is 16.2. The summed E-state index contributed by atoms with van der Waals surface area (Å²) in [4.78, 5) is 19.2. The van der Waals surface area contributed by atoms with Crippen LogP contribution in [0.4, 0.5) is 0 Å². The number of nitrogens with zero attached hydrogens (tertiary/aromatic N) is 4. The molecule has 0 atom stereocenters. The molecule has 0 fully saturated rings. The van der Waals surface area contributed by atoms with Crippen LogP contribution in [0, 0.1) is 0 Å². The molecule has 3 heterocycles. The van der Waals surface area contributed by atoms with Gasteiger partial charge < -0.3 is 9.47 Å². The van der Waals surface area contributed by atoms with Crippen LogP contribution >= 0.6 is 0 Å². The van der Waals surface area contributed by atoms with E-state index < -0.39 is 0 Å². The molecule has 1 aromatic carbocycles. The Labute approximate surface area is 159 Å². The van der Waals surface area contributed by atoms with E-state index >= 15 is 0 Å². The fraction of sp³-hybridized carbons (Fsp3) is 0.381. The number of hydrogen-bond donors (Lipinski definition) is 1. The van der Waals surface area contributed by atoms with E-state index in [9.17, 15) is 4.79 Å². The number of carbonyl (C=O) groups is 1. The summed E-state index contributed by atoms with van der Waals surface area (Å²) in [6.45, 7) is 4.30. The first-order valence-electron chi connectivity index (χ1n) is 9.65. The number of imidazole rings is 1. The molecule has 4 rings (SSSR count). The summed E-state index contributed by atoms with van der Waals surface area (Å²) in [6, 6.07) is 12.4. The van der Waals surface area contributed by atoms with Gasteiger partial charge in [0.05, 0.1) is 18.6 Å². The van der Waals surface area contributed by atoms with Crippen LogP contribution in [-0.4, -0.2) is 37.1 Å². The van der Waals surface area contributed by atoms with Crippen molar-refractivity contribution in [3.05, 3.63) is 71.1 Å². The molecule has 1 aliphatic heterocycles. The Balaban J connectivity index is 1.41. The molecule has 0 aliphatic carbocycles. The molecule has 140 valence electrons. The first kappa shape index (κ1) is 17.5. The minimum Gasteiger partial charge on any atom is -0.334 e. The smallest absolute Gasteiger partial charge is 0.274 e. The zero-order valence-corrected chi connectivity index (χ0v) is 15.7. The van der Waals surface area contributed by atoms with Gasteiger partial charge in [-0.15, -0.1) is 0 Å². The van der Waals surface area contributed by atoms with Gasteiger partial charge in [0.1, 0.15) is 5.69 Å². The summed E-state index contributed by atoms with van der Waals surface area (Å²) < 4.78 is 2.23. The number of hydrogen-bond acceptors (Lipinski definition) is 3. The second-order valence-corrected chi connectivity index (χ2v) is 7.07. The van der Waals surface area contributed by atoms with Crippen molar-refractivity contribution in [2.75, 3.05) is 6.54 Å². The Hall–Kier alpha value is -2.89. The van der Waals surface area contributed by atoms with Crippen LogP contribution in [0.3, 0.4) is 0 Å². The third-order valence-electron chi connectivity index (χ3n) is 5.13. The molecular formula is C21H25N5O. The van der Waals surface area contributed by atoms with Crippen molar-refractivity contribution in [1.82, 2.24) is 24.6 Å². The van der Waals surface area contributed by atoms with Crippen LogP contribution in [0.15, 0.2) is 42.7 Å². The quantitative estimate of drug-likeness (QED) is 0.732. The number of aromatic nitrogens is 4. The maximum absolute atomic E-state index is 12.8. The molecule has 0 unspecified atom stereocenters. The van der Waals surface area contributed by atoms with E-state index in [-0.39, 0.29) is 5.91 Å². The van der Waals surface area contributed by atoms with E-state index in [2.05, 4.69) is 50.9 Å². The summed E-state index contributed by atoms with van der Waals surface area (Å²) in [6.07, 6.45) is 5.68. The van der Waals surface area contributed by atoms with Gasteiger partial charge in [-0.05, 0) is 24.5 Å². The van der Waals surface area contributed by atoms with Crippen LogP contribution in [-0.2, 0) is 32.4 Å². The number of aromatic amines is 1. The molecule has 1 aliphatic rings. The molecule has 0 bridgehead atoms. The van der Waals surface area contributed by atoms with Gasteiger partial charge in [0.2, 0.25) is 0 Å². The zero-order valence-electron chi connectivity index (χ0n) is 15.7. The van der Waals surface area contributed by atoms with Crippen LogP contribution in [0.25, 0.3) is 0 Å². The molecule has 1 amide bonds. The largest absolute Gasteiger partial charge is 0.334 e. The predicted molar refractivity (Wildman–Crippen MR) is 103 cm³/mol. The number of H-pyrrole nitrogens is 1. The average molecular weight is 363 g/mol. The molecule has 6 heteroatoms. The molecule has 2 aromatic heterocycles. The number of rotatable bonds is 6. The molecule has 27 heavy (non-hydrogen) atoms. The SMILES string of the molecule is CCCc1cc(C(=O)N2CCc3c(ncn3CCc3ccccc3)C2)n[nH]1. The molecular weight excluding hydrogens is 338 g/mol. The maximum atomic E-state index is 12.8. The minimum atomic E-state index is -0.0157. The van der Waals surface area contributed by atoms with Crippen molar-refractivity contribution in [1.29, 1.82) is 0 Å². The minimum absolute atomic E-state index is 0.0157. The topological polar surface area (TPSA) is 66.8 Å². The van der Waals surface area contributed by atoms with Gasteiger partial charge in [-0.3, -0.25) is 9.89 Å². The van der Waals surface area contributed by atoms with Gasteiger partial charge in [0.25, 0.3) is 5.91 Å². The normalized spacial score (nSPS) is 13.6. The van der Waals surface area contributed by atoms with Crippen LogP contribution in [0.2, 0.25) is 0 Å². The Morgan fingerprint density at radius 3 is 2.89 bits per heavy atom. The first-order chi connectivity index (χ1) is 13.2. The van der Waals surface area contributed by atoms with E-state index in [4.69, 9.17) is 0 Å². The van der Waals surface area contributed by atoms with Gasteiger partial charge in [-0.2, -0.15) is 5.10 Å². The molecule has 0 spiro atoms. The third-order valence-corrected chi connectivity index (χ3v) is 5.13. The standard InChI is InChI=1S/C21H25N5O/c1-2-6-17-13-18(24-23-17)21(27)25-12-10-20-19(14-25)22-15-26(20)11-9-16-7-4-3-5-8-16/h3-5,7-8,13,15H,2,6,9-12,14H2,1H3,(H,23,24). The lowest BCUT2D eigenvalue weighted by atomic mass is 10.1. The summed E-state index contributed by atoms with van der Waals surface area (Å²) in [5.41, 5.74) is 5.11. The molecule has 0 saturated carbocycles. The average Bonchev–Trinajstić information content (AvgIpc) is 3.33. The van der Waals surface area contributed by atoms with Crippen molar-refractivity contribution in [3.8, 4) is 0 Å². The van der Waals surface area contributed by atoms with Crippen LogP contribution in [0.5, 0.6) is 0 Å². The summed E-state index contributed by atoms with van der Waals surface area (Å²) >= 11 is 0. The van der Waals surface area contributed by atoms with E-state index in [1.165, 1.54) is 11.3 Å². The molecule has 3 aromatic rings. The number of carbonyl (C=O) groups excluding carboxylic acids is 1. The lowest BCUT2D eigenvalue weighted by Crippen LogP contribution is -2.36. The summed E-state index contributed by atoms with van der Waals surface area (Å²) in [5, 5.41) is 7.16. The Morgan fingerprint density at radius 1 is 1.22 bits per heavy atom. The fourth-order valence-electron chi connectivity index (χ4n) is 3.66. The summed E-state index contributed by atoms with van der Waals surface area (Å²) in [7, 11) is 0. The Kier molecular flexibility index (Phi) is 5.05. The molecule has 1 N–H and O–H groups in total. The highest BCUT2D eigenvalue weighted by molar-refractivity contribution is 5.92. The number of benzene rings is 1. The fourth-order valence-corrected chi connectivity index (χ4v) is 3.66. The molecule has 0 radical (unpaired) electrons. The van der Waals surface area contributed by atoms with Crippen LogP contribution < -0.4 is 0 Å². The maximum Gasteiger partial charge on any atom is 0.274 e. The lowest BCUT2D eigenvalue weighted by molar-refractivity contribution is 0.0725. The molecule has 6 nitrogen and oxygen atoms in total. The number of fused-ring (bicyclic) bond motifs is 1. The van der Waals surface area contributed by atoms with Gasteiger partial charge >= 0.3 is 0 Å². The monoisotopic (exact) mass is 363 g/mol. The number of amides is 1. The van der Waals surface area contributed by atoms with Crippen molar-refractivity contribution in [2.45, 2.75) is 45.7 Å². The lowest BCUT2D eigenvalue weighted by Gasteiger charge is -2.26. The second kappa shape index (κ2) is 7.78. The highest BCUT2D eigenvalue weighted by Gasteiger charge is 2.26. The van der Waals surface area contributed by atoms with Gasteiger partial charge in [-0.1, -0.05) is 43.7 Å². The van der Waals surface area contributed by atoms with Crippen molar-refractivity contribution in [2.24, 2.45) is 0 Å². The van der Waals surface area contributed by atoms with Gasteiger partial charge in [0.15, 0.2) is 0 Å². The van der Waals surface area contributed by atoms with E-state index in [0.717, 1.165) is 43.6 Å². The van der Waals surface area contributed by atoms with Crippen molar-refractivity contribution in [3.63, 3.8) is 0 Å². The first-order valence-corrected chi connectivity index (χ1v) is 9.65. The zero-order chi connectivity index (χ0) is 18.6. The second-order valence-electron chi connectivity index (χ2n) is 7.07. The Bertz CT molecular complexity index is 912. The van der Waals surface area contributed by atoms with Crippen molar-refractivity contribution < 1.29 is 4.79 Å². The third kappa shape index (κ3) is 3.79. The van der Waals surface area contributed by atoms with Crippen molar-refractivity contribution >= 4 is 5.91 Å². The highest BCUT2D eigenvalue weighted by Crippen LogP contribution is 2.20. The molecule has 0 saturated heterocycles. The van der Waals surface area contributed by atoms with Gasteiger partial charge in [-0.25, -0.2) is 4.98 Å². The van der Waals surface area contributed by atoms with E-state index in [0.29, 0.717) is 18.8 Å². The van der Waals surface area contributed by atoms with E-state index in [1.807, 2.05) is 23.4 Å². The predicted octanol–water partition coefficient (Wildman–Crippen LogP) is 3.00.